The molecule has 1 heterocycles. The Bertz CT molecular complexity index is 644. The summed E-state index contributed by atoms with van der Waals surface area (Å²) in [6.07, 6.45) is 1.65. The molecule has 1 aromatic carbocycles. The molecule has 0 saturated carbocycles. The highest BCUT2D eigenvalue weighted by atomic mass is 79.9. The molecule has 0 bridgehead atoms. The molecule has 98 valence electrons. The third-order valence-electron chi connectivity index (χ3n) is 2.52. The number of nitrogens with one attached hydrogen (secondary N) is 1. The summed E-state index contributed by atoms with van der Waals surface area (Å²) < 4.78 is 1.59. The van der Waals surface area contributed by atoms with Crippen molar-refractivity contribution >= 4 is 49.3 Å². The molecule has 0 radical (unpaired) electrons. The lowest BCUT2D eigenvalue weighted by molar-refractivity contribution is 0.102. The van der Waals surface area contributed by atoms with E-state index in [0.717, 1.165) is 10.0 Å². The zero-order valence-corrected chi connectivity index (χ0v) is 13.2. The van der Waals surface area contributed by atoms with Crippen LogP contribution in [0.4, 0.5) is 11.5 Å². The zero-order chi connectivity index (χ0) is 14.0. The average Bonchev–Trinajstić information content (AvgIpc) is 2.36. The molecule has 0 aliphatic heterocycles. The summed E-state index contributed by atoms with van der Waals surface area (Å²) in [6.45, 7) is 1.93. The number of pyridine rings is 1. The summed E-state index contributed by atoms with van der Waals surface area (Å²) in [6, 6.07) is 6.88. The van der Waals surface area contributed by atoms with Crippen LogP contribution in [-0.2, 0) is 0 Å². The lowest BCUT2D eigenvalue weighted by atomic mass is 10.2. The van der Waals surface area contributed by atoms with Crippen LogP contribution in [-0.4, -0.2) is 10.9 Å². The first kappa shape index (κ1) is 14.0. The van der Waals surface area contributed by atoms with Crippen LogP contribution in [0, 0.1) is 6.92 Å². The van der Waals surface area contributed by atoms with Gasteiger partial charge in [0.2, 0.25) is 0 Å². The van der Waals surface area contributed by atoms with Crippen LogP contribution >= 0.6 is 31.9 Å². The summed E-state index contributed by atoms with van der Waals surface area (Å²) in [5, 5.41) is 2.74. The molecule has 0 saturated heterocycles. The normalized spacial score (nSPS) is 10.3. The van der Waals surface area contributed by atoms with E-state index in [1.165, 1.54) is 0 Å². The van der Waals surface area contributed by atoms with Crippen molar-refractivity contribution in [2.24, 2.45) is 0 Å². The topological polar surface area (TPSA) is 68.0 Å². The van der Waals surface area contributed by atoms with Crippen LogP contribution < -0.4 is 11.1 Å². The minimum absolute atomic E-state index is 0.256. The number of nitrogens with two attached hydrogens (primary N) is 1. The van der Waals surface area contributed by atoms with Gasteiger partial charge in [0.05, 0.1) is 5.56 Å². The number of carbonyl (C=O) groups excluding carboxylic acids is 1. The van der Waals surface area contributed by atoms with Crippen LogP contribution in [0.25, 0.3) is 0 Å². The summed E-state index contributed by atoms with van der Waals surface area (Å²) in [5.41, 5.74) is 7.69. The second-order valence-corrected chi connectivity index (χ2v) is 5.72. The highest BCUT2D eigenvalue weighted by molar-refractivity contribution is 9.10. The maximum absolute atomic E-state index is 12.1. The van der Waals surface area contributed by atoms with E-state index < -0.39 is 0 Å². The number of nitrogens with zero attached hydrogens (tertiary/aromatic N) is 1. The predicted molar refractivity (Wildman–Crippen MR) is 83.2 cm³/mol. The largest absolute Gasteiger partial charge is 0.399 e. The van der Waals surface area contributed by atoms with E-state index in [1.807, 2.05) is 6.92 Å². The van der Waals surface area contributed by atoms with Crippen molar-refractivity contribution in [1.29, 1.82) is 0 Å². The summed E-state index contributed by atoms with van der Waals surface area (Å²) in [5.74, 6) is 0.244. The Hall–Kier alpha value is -1.40. The van der Waals surface area contributed by atoms with Crippen LogP contribution in [0.1, 0.15) is 15.9 Å². The third-order valence-corrected chi connectivity index (χ3v) is 4.05. The first-order chi connectivity index (χ1) is 8.97. The number of nitrogen functional groups attached to an aromatic ring is 1. The Morgan fingerprint density at radius 1 is 1.26 bits per heavy atom. The van der Waals surface area contributed by atoms with Gasteiger partial charge in [-0.2, -0.15) is 0 Å². The minimum atomic E-state index is -0.256. The summed E-state index contributed by atoms with van der Waals surface area (Å²) >= 11 is 6.69. The predicted octanol–water partition coefficient (Wildman–Crippen LogP) is 3.75. The smallest absolute Gasteiger partial charge is 0.258 e. The maximum Gasteiger partial charge on any atom is 0.258 e. The van der Waals surface area contributed by atoms with Crippen molar-refractivity contribution in [3.63, 3.8) is 0 Å². The second kappa shape index (κ2) is 5.71. The Morgan fingerprint density at radius 3 is 2.68 bits per heavy atom. The van der Waals surface area contributed by atoms with Gasteiger partial charge in [-0.25, -0.2) is 4.98 Å². The number of halogens is 2. The lowest BCUT2D eigenvalue weighted by Gasteiger charge is -2.08. The van der Waals surface area contributed by atoms with Crippen molar-refractivity contribution in [1.82, 2.24) is 4.98 Å². The van der Waals surface area contributed by atoms with Gasteiger partial charge in [0.1, 0.15) is 5.82 Å². The number of carbonyl (C=O) groups is 1. The highest BCUT2D eigenvalue weighted by Crippen LogP contribution is 2.22. The van der Waals surface area contributed by atoms with Crippen LogP contribution in [0.15, 0.2) is 39.4 Å². The highest BCUT2D eigenvalue weighted by Gasteiger charge is 2.11. The number of rotatable bonds is 2. The van der Waals surface area contributed by atoms with Gasteiger partial charge >= 0.3 is 0 Å². The van der Waals surface area contributed by atoms with Gasteiger partial charge in [-0.3, -0.25) is 4.79 Å². The van der Waals surface area contributed by atoms with E-state index in [4.69, 9.17) is 5.73 Å². The number of aromatic nitrogens is 1. The molecule has 1 amide bonds. The van der Waals surface area contributed by atoms with E-state index in [1.54, 1.807) is 30.5 Å². The fourth-order valence-electron chi connectivity index (χ4n) is 1.51. The molecule has 0 aliphatic carbocycles. The SMILES string of the molecule is Cc1cc(NC(=O)c2cc(N)ccc2Br)ncc1Br. The van der Waals surface area contributed by atoms with Crippen molar-refractivity contribution in [3.05, 3.63) is 50.5 Å². The Morgan fingerprint density at radius 2 is 2.00 bits per heavy atom. The van der Waals surface area contributed by atoms with Gasteiger partial charge in [0, 0.05) is 20.8 Å². The fraction of sp³-hybridized carbons (Fsp3) is 0.0769. The summed E-state index contributed by atoms with van der Waals surface area (Å²) in [4.78, 5) is 16.3. The van der Waals surface area contributed by atoms with Gasteiger partial charge in [-0.05, 0) is 68.6 Å². The molecule has 0 aliphatic rings. The standard InChI is InChI=1S/C13H11Br2N3O/c1-7-4-12(17-6-11(7)15)18-13(19)9-5-8(16)2-3-10(9)14/h2-6H,16H2,1H3,(H,17,18,19). The Labute approximate surface area is 127 Å². The lowest BCUT2D eigenvalue weighted by Crippen LogP contribution is -2.14. The zero-order valence-electron chi connectivity index (χ0n) is 10.1. The molecule has 1 aromatic heterocycles. The van der Waals surface area contributed by atoms with Crippen molar-refractivity contribution in [2.45, 2.75) is 6.92 Å². The number of hydrogen-bond donors (Lipinski definition) is 2. The van der Waals surface area contributed by atoms with Gasteiger partial charge in [0.15, 0.2) is 0 Å². The molecule has 19 heavy (non-hydrogen) atoms. The quantitative estimate of drug-likeness (QED) is 0.774. The third kappa shape index (κ3) is 3.33. The van der Waals surface area contributed by atoms with E-state index >= 15 is 0 Å². The van der Waals surface area contributed by atoms with Gasteiger partial charge in [0.25, 0.3) is 5.91 Å². The molecule has 6 heteroatoms. The molecular formula is C13H11Br2N3O. The van der Waals surface area contributed by atoms with Crippen molar-refractivity contribution < 1.29 is 4.79 Å². The number of hydrogen-bond acceptors (Lipinski definition) is 3. The Kier molecular flexibility index (Phi) is 4.21. The molecule has 2 rings (SSSR count). The Balaban J connectivity index is 2.25. The molecule has 2 aromatic rings. The second-order valence-electron chi connectivity index (χ2n) is 4.01. The van der Waals surface area contributed by atoms with E-state index in [0.29, 0.717) is 21.5 Å². The number of anilines is 2. The van der Waals surface area contributed by atoms with Crippen molar-refractivity contribution in [3.8, 4) is 0 Å². The number of aryl methyl sites for hydroxylation is 1. The van der Waals surface area contributed by atoms with Crippen LogP contribution in [0.2, 0.25) is 0 Å². The molecule has 0 unspecified atom stereocenters. The van der Waals surface area contributed by atoms with Gasteiger partial charge < -0.3 is 11.1 Å². The number of benzene rings is 1. The molecule has 4 nitrogen and oxygen atoms in total. The van der Waals surface area contributed by atoms with Crippen LogP contribution in [0.5, 0.6) is 0 Å². The summed E-state index contributed by atoms with van der Waals surface area (Å²) in [7, 11) is 0. The van der Waals surface area contributed by atoms with Gasteiger partial charge in [-0.1, -0.05) is 0 Å². The fourth-order valence-corrected chi connectivity index (χ4v) is 2.15. The first-order valence-corrected chi connectivity index (χ1v) is 7.04. The van der Waals surface area contributed by atoms with Crippen molar-refractivity contribution in [2.75, 3.05) is 11.1 Å². The van der Waals surface area contributed by atoms with Gasteiger partial charge in [-0.15, -0.1) is 0 Å². The molecule has 0 spiro atoms. The van der Waals surface area contributed by atoms with E-state index in [9.17, 15) is 4.79 Å². The van der Waals surface area contributed by atoms with E-state index in [2.05, 4.69) is 42.2 Å². The monoisotopic (exact) mass is 383 g/mol. The van der Waals surface area contributed by atoms with E-state index in [-0.39, 0.29) is 5.91 Å². The minimum Gasteiger partial charge on any atom is -0.399 e. The molecule has 3 N–H and O–H groups in total. The van der Waals surface area contributed by atoms with Crippen LogP contribution in [0.3, 0.4) is 0 Å². The maximum atomic E-state index is 12.1. The average molecular weight is 385 g/mol. The molecular weight excluding hydrogens is 374 g/mol. The number of amides is 1. The molecule has 0 atom stereocenters. The molecule has 0 fully saturated rings. The first-order valence-electron chi connectivity index (χ1n) is 5.46.